The van der Waals surface area contributed by atoms with Gasteiger partial charge < -0.3 is 19.5 Å². The fraction of sp³-hybridized carbons (Fsp3) is 0.350. The molecule has 1 fully saturated rings. The van der Waals surface area contributed by atoms with Gasteiger partial charge in [-0.05, 0) is 43.7 Å². The zero-order valence-corrected chi connectivity index (χ0v) is 17.2. The molecule has 2 aliphatic heterocycles. The van der Waals surface area contributed by atoms with Crippen molar-refractivity contribution in [3.05, 3.63) is 45.9 Å². The van der Waals surface area contributed by atoms with Crippen LogP contribution in [0.2, 0.25) is 0 Å². The fourth-order valence-corrected chi connectivity index (χ4v) is 4.35. The number of carbonyl (C=O) groups excluding carboxylic acids is 1. The molecule has 142 valence electrons. The van der Waals surface area contributed by atoms with E-state index in [0.717, 1.165) is 15.6 Å². The third-order valence-electron chi connectivity index (χ3n) is 5.10. The van der Waals surface area contributed by atoms with Crippen molar-refractivity contribution >= 4 is 27.6 Å². The lowest BCUT2D eigenvalue weighted by Crippen LogP contribution is -2.65. The van der Waals surface area contributed by atoms with E-state index >= 15 is 0 Å². The minimum Gasteiger partial charge on any atom is -0.495 e. The van der Waals surface area contributed by atoms with Crippen LogP contribution in [0.3, 0.4) is 0 Å². The van der Waals surface area contributed by atoms with Gasteiger partial charge in [-0.25, -0.2) is 4.79 Å². The number of nitrogens with zero attached hydrogens (tertiary/aromatic N) is 1. The Labute approximate surface area is 166 Å². The van der Waals surface area contributed by atoms with Crippen LogP contribution in [0.15, 0.2) is 34.8 Å². The second-order valence-electron chi connectivity index (χ2n) is 7.02. The van der Waals surface area contributed by atoms with Crippen LogP contribution >= 0.6 is 15.9 Å². The molecule has 4 rings (SSSR count). The van der Waals surface area contributed by atoms with Crippen LogP contribution < -0.4 is 24.4 Å². The summed E-state index contributed by atoms with van der Waals surface area (Å²) in [7, 11) is 3.21. The van der Waals surface area contributed by atoms with Crippen molar-refractivity contribution in [3.63, 3.8) is 0 Å². The van der Waals surface area contributed by atoms with Gasteiger partial charge in [0, 0.05) is 16.5 Å². The number of benzene rings is 2. The van der Waals surface area contributed by atoms with Crippen molar-refractivity contribution in [1.82, 2.24) is 5.32 Å². The first-order valence-corrected chi connectivity index (χ1v) is 9.47. The Morgan fingerprint density at radius 3 is 2.67 bits per heavy atom. The molecule has 0 unspecified atom stereocenters. The number of anilines is 1. The highest BCUT2D eigenvalue weighted by molar-refractivity contribution is 9.10. The Morgan fingerprint density at radius 1 is 1.22 bits per heavy atom. The molecular formula is C20H21BrN2O4. The van der Waals surface area contributed by atoms with Gasteiger partial charge in [-0.3, -0.25) is 4.90 Å². The molecule has 0 aliphatic carbocycles. The van der Waals surface area contributed by atoms with Crippen LogP contribution in [0.4, 0.5) is 10.5 Å². The van der Waals surface area contributed by atoms with Crippen molar-refractivity contribution in [2.75, 3.05) is 19.1 Å². The van der Waals surface area contributed by atoms with E-state index in [0.29, 0.717) is 29.4 Å². The maximum Gasteiger partial charge on any atom is 0.325 e. The van der Waals surface area contributed by atoms with E-state index in [9.17, 15) is 4.79 Å². The SMILES string of the molecule is COc1ccc(C)cc1N1C(=O)N[C@H]2C[C@@]1(C)Oc1c(OC)cc(Br)cc12. The molecule has 27 heavy (non-hydrogen) atoms. The van der Waals surface area contributed by atoms with Gasteiger partial charge in [-0.1, -0.05) is 22.0 Å². The molecule has 2 aromatic carbocycles. The Hall–Kier alpha value is -2.41. The lowest BCUT2D eigenvalue weighted by atomic mass is 9.89. The van der Waals surface area contributed by atoms with E-state index < -0.39 is 5.72 Å². The first-order chi connectivity index (χ1) is 12.9. The lowest BCUT2D eigenvalue weighted by molar-refractivity contribution is 0.0345. The van der Waals surface area contributed by atoms with Crippen molar-refractivity contribution in [3.8, 4) is 17.2 Å². The van der Waals surface area contributed by atoms with Crippen molar-refractivity contribution in [2.24, 2.45) is 0 Å². The average Bonchev–Trinajstić information content (AvgIpc) is 2.61. The number of aryl methyl sites for hydroxylation is 1. The summed E-state index contributed by atoms with van der Waals surface area (Å²) in [4.78, 5) is 14.7. The maximum absolute atomic E-state index is 13.1. The number of fused-ring (bicyclic) bond motifs is 4. The molecule has 2 aromatic rings. The molecule has 2 heterocycles. The minimum atomic E-state index is -0.873. The third kappa shape index (κ3) is 2.81. The number of methoxy groups -OCH3 is 2. The van der Waals surface area contributed by atoms with Crippen LogP contribution in [0.1, 0.15) is 30.5 Å². The third-order valence-corrected chi connectivity index (χ3v) is 5.56. The van der Waals surface area contributed by atoms with Crippen molar-refractivity contribution in [1.29, 1.82) is 0 Å². The molecule has 7 heteroatoms. The minimum absolute atomic E-state index is 0.162. The van der Waals surface area contributed by atoms with Crippen LogP contribution in [-0.4, -0.2) is 26.0 Å². The second kappa shape index (κ2) is 6.34. The van der Waals surface area contributed by atoms with Gasteiger partial charge in [0.25, 0.3) is 0 Å². The van der Waals surface area contributed by atoms with Gasteiger partial charge in [-0.15, -0.1) is 0 Å². The number of ether oxygens (including phenoxy) is 3. The van der Waals surface area contributed by atoms with Crippen LogP contribution in [-0.2, 0) is 0 Å². The average molecular weight is 433 g/mol. The fourth-order valence-electron chi connectivity index (χ4n) is 3.89. The summed E-state index contributed by atoms with van der Waals surface area (Å²) in [6, 6.07) is 9.19. The van der Waals surface area contributed by atoms with Crippen molar-refractivity contribution in [2.45, 2.75) is 32.0 Å². The molecule has 0 saturated carbocycles. The Balaban J connectivity index is 1.86. The van der Waals surface area contributed by atoms with Gasteiger partial charge in [0.1, 0.15) is 5.75 Å². The van der Waals surface area contributed by atoms with E-state index in [1.54, 1.807) is 19.1 Å². The number of hydrogen-bond donors (Lipinski definition) is 1. The topological polar surface area (TPSA) is 60.0 Å². The van der Waals surface area contributed by atoms with Gasteiger partial charge >= 0.3 is 6.03 Å². The quantitative estimate of drug-likeness (QED) is 0.772. The maximum atomic E-state index is 13.1. The number of carbonyl (C=O) groups is 1. The first kappa shape index (κ1) is 18.0. The van der Waals surface area contributed by atoms with Gasteiger partial charge in [0.05, 0.1) is 25.9 Å². The Kier molecular flexibility index (Phi) is 4.22. The first-order valence-electron chi connectivity index (χ1n) is 8.68. The predicted molar refractivity (Wildman–Crippen MR) is 106 cm³/mol. The number of hydrogen-bond acceptors (Lipinski definition) is 4. The molecule has 1 N–H and O–H groups in total. The molecule has 1 saturated heterocycles. The smallest absolute Gasteiger partial charge is 0.325 e. The van der Waals surface area contributed by atoms with Crippen LogP contribution in [0, 0.1) is 6.92 Å². The highest BCUT2D eigenvalue weighted by Gasteiger charge is 2.51. The predicted octanol–water partition coefficient (Wildman–Crippen LogP) is 4.54. The van der Waals surface area contributed by atoms with Gasteiger partial charge in [-0.2, -0.15) is 0 Å². The number of halogens is 1. The largest absolute Gasteiger partial charge is 0.495 e. The summed E-state index contributed by atoms with van der Waals surface area (Å²) in [6.07, 6.45) is 0.600. The van der Waals surface area contributed by atoms with E-state index in [4.69, 9.17) is 14.2 Å². The molecule has 2 atom stereocenters. The molecule has 2 aliphatic rings. The monoisotopic (exact) mass is 432 g/mol. The van der Waals surface area contributed by atoms with E-state index in [1.807, 2.05) is 44.2 Å². The molecule has 0 radical (unpaired) electrons. The van der Waals surface area contributed by atoms with E-state index in [-0.39, 0.29) is 12.1 Å². The molecule has 2 amide bonds. The summed E-state index contributed by atoms with van der Waals surface area (Å²) in [6.45, 7) is 3.90. The second-order valence-corrected chi connectivity index (χ2v) is 7.94. The zero-order valence-electron chi connectivity index (χ0n) is 15.6. The lowest BCUT2D eigenvalue weighted by Gasteiger charge is -2.51. The molecule has 0 aromatic heterocycles. The highest BCUT2D eigenvalue weighted by Crippen LogP contribution is 2.51. The number of nitrogens with one attached hydrogen (secondary N) is 1. The zero-order chi connectivity index (χ0) is 19.3. The van der Waals surface area contributed by atoms with Crippen LogP contribution in [0.25, 0.3) is 0 Å². The number of urea groups is 1. The molecule has 2 bridgehead atoms. The molecule has 6 nitrogen and oxygen atoms in total. The van der Waals surface area contributed by atoms with Crippen molar-refractivity contribution < 1.29 is 19.0 Å². The van der Waals surface area contributed by atoms with E-state index in [2.05, 4.69) is 21.2 Å². The summed E-state index contributed by atoms with van der Waals surface area (Å²) in [5.41, 5.74) is 1.74. The number of rotatable bonds is 3. The normalized spacial score (nSPS) is 23.2. The molecule has 0 spiro atoms. The number of amides is 2. The Bertz CT molecular complexity index is 932. The van der Waals surface area contributed by atoms with Gasteiger partial charge in [0.15, 0.2) is 17.2 Å². The van der Waals surface area contributed by atoms with Crippen LogP contribution in [0.5, 0.6) is 17.2 Å². The summed E-state index contributed by atoms with van der Waals surface area (Å²) in [5.74, 6) is 1.89. The molecular weight excluding hydrogens is 412 g/mol. The summed E-state index contributed by atoms with van der Waals surface area (Å²) < 4.78 is 18.3. The van der Waals surface area contributed by atoms with Gasteiger partial charge in [0.2, 0.25) is 0 Å². The summed E-state index contributed by atoms with van der Waals surface area (Å²) in [5, 5.41) is 3.10. The Morgan fingerprint density at radius 2 is 1.96 bits per heavy atom. The van der Waals surface area contributed by atoms with E-state index in [1.165, 1.54) is 0 Å². The standard InChI is InChI=1S/C20H21BrN2O4/c1-11-5-6-16(25-3)15(7-11)23-19(24)22-14-10-20(23,2)27-18-13(14)8-12(21)9-17(18)26-4/h5-9,14H,10H2,1-4H3,(H,22,24)/t14-,20+/m0/s1. The summed E-state index contributed by atoms with van der Waals surface area (Å²) >= 11 is 3.50. The highest BCUT2D eigenvalue weighted by atomic mass is 79.9.